The average molecular weight is 410 g/mol. The maximum atomic E-state index is 13.0. The second-order valence-electron chi connectivity index (χ2n) is 7.46. The van der Waals surface area contributed by atoms with E-state index in [2.05, 4.69) is 18.7 Å². The first-order valence-electron chi connectivity index (χ1n) is 10.1. The summed E-state index contributed by atoms with van der Waals surface area (Å²) in [5.74, 6) is 0.296. The van der Waals surface area contributed by atoms with Gasteiger partial charge in [0.25, 0.3) is 5.69 Å². The smallest absolute Gasteiger partial charge is 0.270 e. The molecule has 0 saturated carbocycles. The fourth-order valence-corrected chi connectivity index (χ4v) is 3.74. The number of nitrogens with zero attached hydrogens (tertiary/aromatic N) is 2. The summed E-state index contributed by atoms with van der Waals surface area (Å²) in [4.78, 5) is 25.8. The highest BCUT2D eigenvalue weighted by Gasteiger charge is 2.33. The van der Waals surface area contributed by atoms with Crippen LogP contribution in [0.1, 0.15) is 53.7 Å². The number of nitro benzene ring substituents is 1. The molecule has 0 aromatic heterocycles. The maximum absolute atomic E-state index is 13.0. The Morgan fingerprint density at radius 1 is 1.20 bits per heavy atom. The summed E-state index contributed by atoms with van der Waals surface area (Å²) >= 11 is 0. The number of hydrogen-bond donors (Lipinski definition) is 1. The summed E-state index contributed by atoms with van der Waals surface area (Å²) in [5, 5.41) is 21.6. The van der Waals surface area contributed by atoms with Gasteiger partial charge in [0, 0.05) is 18.7 Å². The Balaban J connectivity index is 2.00. The molecule has 2 aromatic carbocycles. The number of nitro groups is 1. The number of Topliss-reactive ketones (excluding diaryl/α,β-unsaturated/α-hetero) is 1. The van der Waals surface area contributed by atoms with Crippen molar-refractivity contribution in [1.82, 2.24) is 4.90 Å². The van der Waals surface area contributed by atoms with Crippen molar-refractivity contribution in [2.45, 2.75) is 40.2 Å². The SMILES string of the molecule is CCCN(CCC)Cc1c(O)cc(C)c2c1O/C(=C/c1cccc([N+](=O)[O-])c1)C2=O. The standard InChI is InChI=1S/C23H26N2O5/c1-4-9-24(10-5-2)14-18-19(26)11-15(3)21-22(27)20(30-23(18)21)13-16-7-6-8-17(12-16)25(28)29/h6-8,11-13,26H,4-5,9-10,14H2,1-3H3/b20-13+. The molecule has 1 aliphatic rings. The van der Waals surface area contributed by atoms with Crippen LogP contribution in [0.5, 0.6) is 11.5 Å². The van der Waals surface area contributed by atoms with Gasteiger partial charge in [0.05, 0.1) is 16.1 Å². The van der Waals surface area contributed by atoms with Crippen molar-refractivity contribution in [2.24, 2.45) is 0 Å². The molecule has 0 amide bonds. The lowest BCUT2D eigenvalue weighted by Crippen LogP contribution is -2.25. The summed E-state index contributed by atoms with van der Waals surface area (Å²) in [7, 11) is 0. The fourth-order valence-electron chi connectivity index (χ4n) is 3.74. The number of fused-ring (bicyclic) bond motifs is 1. The summed E-state index contributed by atoms with van der Waals surface area (Å²) < 4.78 is 5.93. The molecular formula is C23H26N2O5. The molecule has 7 nitrogen and oxygen atoms in total. The summed E-state index contributed by atoms with van der Waals surface area (Å²) in [6.45, 7) is 8.19. The first-order chi connectivity index (χ1) is 14.3. The number of aromatic hydroxyl groups is 1. The van der Waals surface area contributed by atoms with E-state index in [1.165, 1.54) is 18.2 Å². The minimum absolute atomic E-state index is 0.0587. The number of phenolic OH excluding ortho intramolecular Hbond substituents is 1. The molecule has 0 radical (unpaired) electrons. The number of non-ortho nitro benzene ring substituents is 1. The van der Waals surface area contributed by atoms with Crippen LogP contribution in [0.2, 0.25) is 0 Å². The fraction of sp³-hybridized carbons (Fsp3) is 0.348. The summed E-state index contributed by atoms with van der Waals surface area (Å²) in [6.07, 6.45) is 3.46. The quantitative estimate of drug-likeness (QED) is 0.380. The van der Waals surface area contributed by atoms with E-state index in [9.17, 15) is 20.0 Å². The van der Waals surface area contributed by atoms with Crippen molar-refractivity contribution >= 4 is 17.5 Å². The third-order valence-corrected chi connectivity index (χ3v) is 5.06. The minimum atomic E-state index is -0.482. The lowest BCUT2D eigenvalue weighted by atomic mass is 9.99. The number of allylic oxidation sites excluding steroid dienone is 1. The zero-order valence-corrected chi connectivity index (χ0v) is 17.5. The molecule has 7 heteroatoms. The van der Waals surface area contributed by atoms with Crippen molar-refractivity contribution in [3.05, 3.63) is 68.5 Å². The normalized spacial score (nSPS) is 14.3. The molecular weight excluding hydrogens is 384 g/mol. The van der Waals surface area contributed by atoms with Crippen molar-refractivity contribution in [3.8, 4) is 11.5 Å². The molecule has 0 spiro atoms. The van der Waals surface area contributed by atoms with Gasteiger partial charge in [-0.1, -0.05) is 26.0 Å². The number of carbonyl (C=O) groups excluding carboxylic acids is 1. The summed E-state index contributed by atoms with van der Waals surface area (Å²) in [6, 6.07) is 7.62. The van der Waals surface area contributed by atoms with Gasteiger partial charge in [0.15, 0.2) is 5.76 Å². The van der Waals surface area contributed by atoms with Gasteiger partial charge in [-0.2, -0.15) is 0 Å². The van der Waals surface area contributed by atoms with E-state index in [1.54, 1.807) is 25.1 Å². The molecule has 0 bridgehead atoms. The minimum Gasteiger partial charge on any atom is -0.507 e. The molecule has 3 rings (SSSR count). The van der Waals surface area contributed by atoms with E-state index in [0.29, 0.717) is 34.5 Å². The lowest BCUT2D eigenvalue weighted by Gasteiger charge is -2.22. The van der Waals surface area contributed by atoms with Crippen LogP contribution in [0, 0.1) is 17.0 Å². The molecule has 1 aliphatic heterocycles. The van der Waals surface area contributed by atoms with Crippen LogP contribution in [0.25, 0.3) is 6.08 Å². The topological polar surface area (TPSA) is 92.9 Å². The van der Waals surface area contributed by atoms with Crippen LogP contribution in [0.4, 0.5) is 5.69 Å². The van der Waals surface area contributed by atoms with Gasteiger partial charge in [-0.25, -0.2) is 0 Å². The number of phenols is 1. The van der Waals surface area contributed by atoms with Crippen LogP contribution in [-0.2, 0) is 6.54 Å². The molecule has 0 unspecified atom stereocenters. The van der Waals surface area contributed by atoms with Crippen molar-refractivity contribution in [2.75, 3.05) is 13.1 Å². The van der Waals surface area contributed by atoms with Crippen molar-refractivity contribution in [1.29, 1.82) is 0 Å². The molecule has 1 N–H and O–H groups in total. The Labute approximate surface area is 175 Å². The highest BCUT2D eigenvalue weighted by atomic mass is 16.6. The number of benzene rings is 2. The lowest BCUT2D eigenvalue weighted by molar-refractivity contribution is -0.384. The Hall–Kier alpha value is -3.19. The Kier molecular flexibility index (Phi) is 6.52. The number of aryl methyl sites for hydroxylation is 1. The highest BCUT2D eigenvalue weighted by molar-refractivity contribution is 6.15. The van der Waals surface area contributed by atoms with E-state index in [4.69, 9.17) is 4.74 Å². The molecule has 0 saturated heterocycles. The molecule has 0 fully saturated rings. The van der Waals surface area contributed by atoms with Gasteiger partial charge in [-0.15, -0.1) is 0 Å². The van der Waals surface area contributed by atoms with Gasteiger partial charge in [0.1, 0.15) is 11.5 Å². The second-order valence-corrected chi connectivity index (χ2v) is 7.46. The molecule has 0 aliphatic carbocycles. The van der Waals surface area contributed by atoms with Crippen LogP contribution in [-0.4, -0.2) is 33.8 Å². The third-order valence-electron chi connectivity index (χ3n) is 5.06. The predicted molar refractivity (Wildman–Crippen MR) is 115 cm³/mol. The number of carbonyl (C=O) groups is 1. The van der Waals surface area contributed by atoms with Crippen LogP contribution in [0.15, 0.2) is 36.1 Å². The van der Waals surface area contributed by atoms with Crippen LogP contribution >= 0.6 is 0 Å². The Bertz CT molecular complexity index is 1010. The highest BCUT2D eigenvalue weighted by Crippen LogP contribution is 2.42. The zero-order valence-electron chi connectivity index (χ0n) is 17.5. The monoisotopic (exact) mass is 410 g/mol. The Morgan fingerprint density at radius 2 is 1.90 bits per heavy atom. The summed E-state index contributed by atoms with van der Waals surface area (Å²) in [5.41, 5.74) is 2.11. The predicted octanol–water partition coefficient (Wildman–Crippen LogP) is 4.85. The maximum Gasteiger partial charge on any atom is 0.270 e. The molecule has 30 heavy (non-hydrogen) atoms. The molecule has 1 heterocycles. The first kappa shape index (κ1) is 21.5. The van der Waals surface area contributed by atoms with Gasteiger partial charge < -0.3 is 9.84 Å². The number of rotatable bonds is 8. The van der Waals surface area contributed by atoms with Crippen LogP contribution in [0.3, 0.4) is 0 Å². The van der Waals surface area contributed by atoms with E-state index in [0.717, 1.165) is 25.9 Å². The van der Waals surface area contributed by atoms with Gasteiger partial charge in [0.2, 0.25) is 5.78 Å². The van der Waals surface area contributed by atoms with E-state index < -0.39 is 4.92 Å². The van der Waals surface area contributed by atoms with Gasteiger partial charge in [-0.05, 0) is 56.1 Å². The average Bonchev–Trinajstić information content (AvgIpc) is 3.02. The number of ketones is 1. The molecule has 158 valence electrons. The Morgan fingerprint density at radius 3 is 2.53 bits per heavy atom. The van der Waals surface area contributed by atoms with E-state index in [1.807, 2.05) is 0 Å². The van der Waals surface area contributed by atoms with Crippen LogP contribution < -0.4 is 4.74 Å². The first-order valence-corrected chi connectivity index (χ1v) is 10.1. The largest absolute Gasteiger partial charge is 0.507 e. The molecule has 2 aromatic rings. The van der Waals surface area contributed by atoms with E-state index in [-0.39, 0.29) is 23.0 Å². The molecule has 0 atom stereocenters. The number of ether oxygens (including phenoxy) is 1. The third kappa shape index (κ3) is 4.36. The van der Waals surface area contributed by atoms with Gasteiger partial charge >= 0.3 is 0 Å². The van der Waals surface area contributed by atoms with Crippen molar-refractivity contribution < 1.29 is 19.6 Å². The van der Waals surface area contributed by atoms with Gasteiger partial charge in [-0.3, -0.25) is 19.8 Å². The zero-order chi connectivity index (χ0) is 21.8. The van der Waals surface area contributed by atoms with E-state index >= 15 is 0 Å². The second kappa shape index (κ2) is 9.09. The van der Waals surface area contributed by atoms with Crippen molar-refractivity contribution in [3.63, 3.8) is 0 Å². The number of hydrogen-bond acceptors (Lipinski definition) is 6.